The first-order chi connectivity index (χ1) is 11.2. The highest BCUT2D eigenvalue weighted by atomic mass is 16.6. The molecule has 0 heterocycles. The predicted octanol–water partition coefficient (Wildman–Crippen LogP) is 3.52. The molecule has 0 spiro atoms. The molecule has 2 aromatic rings. The lowest BCUT2D eigenvalue weighted by Gasteiger charge is -2.21. The lowest BCUT2D eigenvalue weighted by molar-refractivity contribution is 0.275. The highest BCUT2D eigenvalue weighted by Gasteiger charge is 2.30. The second-order valence-electron chi connectivity index (χ2n) is 4.41. The third-order valence-corrected chi connectivity index (χ3v) is 3.22. The Morgan fingerprint density at radius 2 is 0.826 bits per heavy atom. The van der Waals surface area contributed by atoms with Gasteiger partial charge in [-0.2, -0.15) is 0 Å². The average molecular weight is 320 g/mol. The van der Waals surface area contributed by atoms with Gasteiger partial charge in [-0.3, -0.25) is 0 Å². The van der Waals surface area contributed by atoms with E-state index in [0.29, 0.717) is 40.2 Å². The molecule has 0 bridgehead atoms. The third-order valence-electron chi connectivity index (χ3n) is 3.22. The predicted molar refractivity (Wildman–Crippen MR) is 85.7 cm³/mol. The van der Waals surface area contributed by atoms with Crippen LogP contribution in [0, 0.1) is 0 Å². The molecule has 0 aliphatic heterocycles. The molecule has 2 rings (SSSR count). The van der Waals surface area contributed by atoms with Crippen molar-refractivity contribution < 1.29 is 28.4 Å². The van der Waals surface area contributed by atoms with E-state index in [2.05, 4.69) is 0 Å². The highest BCUT2D eigenvalue weighted by Crippen LogP contribution is 2.58. The molecule has 0 saturated carbocycles. The van der Waals surface area contributed by atoms with Gasteiger partial charge in [-0.05, 0) is 12.1 Å². The van der Waals surface area contributed by atoms with E-state index in [0.717, 1.165) is 0 Å². The first kappa shape index (κ1) is 16.6. The quantitative estimate of drug-likeness (QED) is 0.778. The van der Waals surface area contributed by atoms with Crippen LogP contribution >= 0.6 is 0 Å². The van der Waals surface area contributed by atoms with Crippen molar-refractivity contribution in [1.82, 2.24) is 0 Å². The first-order valence-corrected chi connectivity index (χ1v) is 6.88. The second kappa shape index (κ2) is 7.49. The number of rotatable bonds is 7. The minimum Gasteiger partial charge on any atom is -0.490 e. The molecule has 0 atom stereocenters. The molecule has 0 radical (unpaired) electrons. The van der Waals surface area contributed by atoms with E-state index in [1.807, 2.05) is 30.3 Å². The Hall–Kier alpha value is -2.76. The van der Waals surface area contributed by atoms with Gasteiger partial charge >= 0.3 is 0 Å². The summed E-state index contributed by atoms with van der Waals surface area (Å²) in [6.07, 6.45) is 0. The van der Waals surface area contributed by atoms with E-state index in [1.54, 1.807) is 0 Å². The molecule has 124 valence electrons. The Morgan fingerprint density at radius 1 is 0.478 bits per heavy atom. The number of ether oxygens (including phenoxy) is 6. The molecular weight excluding hydrogens is 300 g/mol. The lowest BCUT2D eigenvalue weighted by atomic mass is 10.2. The fraction of sp³-hybridized carbons (Fsp3) is 0.294. The standard InChI is InChI=1S/C17H20O6/c1-18-12-13(19-2)15(21-4)17(16(22-5)14(12)20-3)23-11-9-7-6-8-10-11/h6-10H,1-5H3. The summed E-state index contributed by atoms with van der Waals surface area (Å²) in [5.74, 6) is 2.76. The average Bonchev–Trinajstić information content (AvgIpc) is 2.60. The van der Waals surface area contributed by atoms with E-state index in [9.17, 15) is 0 Å². The van der Waals surface area contributed by atoms with Gasteiger partial charge in [0, 0.05) is 0 Å². The maximum atomic E-state index is 5.94. The van der Waals surface area contributed by atoms with Gasteiger partial charge in [-0.1, -0.05) is 18.2 Å². The monoisotopic (exact) mass is 320 g/mol. The molecular formula is C17H20O6. The summed E-state index contributed by atoms with van der Waals surface area (Å²) in [6.45, 7) is 0. The zero-order valence-corrected chi connectivity index (χ0v) is 13.8. The van der Waals surface area contributed by atoms with Crippen LogP contribution in [-0.4, -0.2) is 35.5 Å². The van der Waals surface area contributed by atoms with Crippen molar-refractivity contribution in [1.29, 1.82) is 0 Å². The second-order valence-corrected chi connectivity index (χ2v) is 4.41. The fourth-order valence-corrected chi connectivity index (χ4v) is 2.24. The Bertz CT molecular complexity index is 621. The van der Waals surface area contributed by atoms with Crippen molar-refractivity contribution >= 4 is 0 Å². The van der Waals surface area contributed by atoms with E-state index in [-0.39, 0.29) is 0 Å². The lowest BCUT2D eigenvalue weighted by Crippen LogP contribution is -2.03. The number of methoxy groups -OCH3 is 5. The molecule has 6 nitrogen and oxygen atoms in total. The molecule has 0 aliphatic rings. The van der Waals surface area contributed by atoms with Gasteiger partial charge < -0.3 is 28.4 Å². The van der Waals surface area contributed by atoms with Crippen molar-refractivity contribution in [3.63, 3.8) is 0 Å². The van der Waals surface area contributed by atoms with Gasteiger partial charge in [-0.15, -0.1) is 0 Å². The zero-order valence-electron chi connectivity index (χ0n) is 13.8. The van der Waals surface area contributed by atoms with E-state index < -0.39 is 0 Å². The number of benzene rings is 2. The van der Waals surface area contributed by atoms with Crippen LogP contribution in [0.1, 0.15) is 0 Å². The largest absolute Gasteiger partial charge is 0.490 e. The van der Waals surface area contributed by atoms with E-state index >= 15 is 0 Å². The number of hydrogen-bond acceptors (Lipinski definition) is 6. The third kappa shape index (κ3) is 3.06. The molecule has 0 aliphatic carbocycles. The summed E-state index contributed by atoms with van der Waals surface area (Å²) in [6, 6.07) is 9.28. The number of hydrogen-bond donors (Lipinski definition) is 0. The minimum absolute atomic E-state index is 0.343. The van der Waals surface area contributed by atoms with Crippen molar-refractivity contribution in [2.75, 3.05) is 35.5 Å². The van der Waals surface area contributed by atoms with Gasteiger partial charge in [0.2, 0.25) is 34.5 Å². The van der Waals surface area contributed by atoms with Crippen LogP contribution in [0.2, 0.25) is 0 Å². The van der Waals surface area contributed by atoms with Crippen LogP contribution in [0.5, 0.6) is 40.2 Å². The molecule has 0 saturated heterocycles. The molecule has 0 unspecified atom stereocenters. The Labute approximate surface area is 135 Å². The Kier molecular flexibility index (Phi) is 5.41. The Balaban J connectivity index is 2.71. The van der Waals surface area contributed by atoms with Crippen LogP contribution < -0.4 is 28.4 Å². The molecule has 0 N–H and O–H groups in total. The van der Waals surface area contributed by atoms with Gasteiger partial charge in [0.1, 0.15) is 5.75 Å². The van der Waals surface area contributed by atoms with Crippen molar-refractivity contribution in [3.8, 4) is 40.2 Å². The summed E-state index contributed by atoms with van der Waals surface area (Å²) >= 11 is 0. The summed E-state index contributed by atoms with van der Waals surface area (Å²) in [4.78, 5) is 0. The minimum atomic E-state index is 0.343. The maximum absolute atomic E-state index is 5.94. The fourth-order valence-electron chi connectivity index (χ4n) is 2.24. The molecule has 6 heteroatoms. The number of para-hydroxylation sites is 1. The van der Waals surface area contributed by atoms with Crippen LogP contribution in [-0.2, 0) is 0 Å². The zero-order chi connectivity index (χ0) is 16.8. The van der Waals surface area contributed by atoms with Crippen LogP contribution in [0.3, 0.4) is 0 Å². The van der Waals surface area contributed by atoms with Crippen LogP contribution in [0.15, 0.2) is 30.3 Å². The van der Waals surface area contributed by atoms with E-state index in [4.69, 9.17) is 28.4 Å². The maximum Gasteiger partial charge on any atom is 0.219 e. The van der Waals surface area contributed by atoms with Gasteiger partial charge in [-0.25, -0.2) is 0 Å². The molecule has 2 aromatic carbocycles. The van der Waals surface area contributed by atoms with Crippen molar-refractivity contribution in [2.24, 2.45) is 0 Å². The first-order valence-electron chi connectivity index (χ1n) is 6.88. The van der Waals surface area contributed by atoms with Crippen LogP contribution in [0.4, 0.5) is 0 Å². The molecule has 23 heavy (non-hydrogen) atoms. The molecule has 0 aromatic heterocycles. The van der Waals surface area contributed by atoms with Gasteiger partial charge in [0.15, 0.2) is 0 Å². The SMILES string of the molecule is COc1c(OC)c(OC)c(Oc2ccccc2)c(OC)c1OC. The van der Waals surface area contributed by atoms with Gasteiger partial charge in [0.25, 0.3) is 0 Å². The molecule has 0 amide bonds. The van der Waals surface area contributed by atoms with Crippen molar-refractivity contribution in [3.05, 3.63) is 30.3 Å². The summed E-state index contributed by atoms with van der Waals surface area (Å²) in [7, 11) is 7.57. The summed E-state index contributed by atoms with van der Waals surface area (Å²) in [5.41, 5.74) is 0. The molecule has 0 fully saturated rings. The summed E-state index contributed by atoms with van der Waals surface area (Å²) in [5, 5.41) is 0. The van der Waals surface area contributed by atoms with Crippen LogP contribution in [0.25, 0.3) is 0 Å². The van der Waals surface area contributed by atoms with Gasteiger partial charge in [0.05, 0.1) is 35.5 Å². The van der Waals surface area contributed by atoms with E-state index in [1.165, 1.54) is 35.5 Å². The summed E-state index contributed by atoms with van der Waals surface area (Å²) < 4.78 is 33.1. The topological polar surface area (TPSA) is 55.4 Å². The Morgan fingerprint density at radius 3 is 1.17 bits per heavy atom. The van der Waals surface area contributed by atoms with Crippen molar-refractivity contribution in [2.45, 2.75) is 0 Å². The smallest absolute Gasteiger partial charge is 0.219 e. The normalized spacial score (nSPS) is 9.96. The highest BCUT2D eigenvalue weighted by molar-refractivity contribution is 5.74.